The number of nitrogens with zero attached hydrogens (tertiary/aromatic N) is 4. The van der Waals surface area contributed by atoms with Crippen molar-refractivity contribution in [1.29, 1.82) is 0 Å². The number of aliphatic hydroxyl groups is 1. The molecule has 0 aliphatic carbocycles. The van der Waals surface area contributed by atoms with Gasteiger partial charge in [0.2, 0.25) is 10.0 Å². The lowest BCUT2D eigenvalue weighted by molar-refractivity contribution is 0.126. The van der Waals surface area contributed by atoms with E-state index in [1.807, 2.05) is 42.5 Å². The number of benzene rings is 2. The first-order valence-electron chi connectivity index (χ1n) is 10.7. The molecular formula is C23H26N4O4S2. The average Bonchev–Trinajstić information content (AvgIpc) is 3.24. The Balaban J connectivity index is 1.42. The molecule has 1 atom stereocenters. The van der Waals surface area contributed by atoms with Gasteiger partial charge in [0.15, 0.2) is 10.8 Å². The van der Waals surface area contributed by atoms with E-state index in [0.29, 0.717) is 35.4 Å². The van der Waals surface area contributed by atoms with Crippen molar-refractivity contribution in [3.05, 3.63) is 60.8 Å². The average molecular weight is 487 g/mol. The summed E-state index contributed by atoms with van der Waals surface area (Å²) in [6.45, 7) is 4.53. The van der Waals surface area contributed by atoms with Crippen LogP contribution in [0.4, 0.5) is 0 Å². The van der Waals surface area contributed by atoms with E-state index in [1.165, 1.54) is 22.3 Å². The van der Waals surface area contributed by atoms with E-state index in [1.54, 1.807) is 30.4 Å². The predicted molar refractivity (Wildman–Crippen MR) is 129 cm³/mol. The SMILES string of the molecule is CCN(CC)S(=O)(=O)c1ccc2nnc(SCC(O)COc3ccc4ccccc4c3)n2c1. The maximum absolute atomic E-state index is 12.8. The topological polar surface area (TPSA) is 97.0 Å². The molecule has 174 valence electrons. The van der Waals surface area contributed by atoms with Crippen molar-refractivity contribution in [2.24, 2.45) is 0 Å². The van der Waals surface area contributed by atoms with Crippen molar-refractivity contribution in [3.63, 3.8) is 0 Å². The van der Waals surface area contributed by atoms with Gasteiger partial charge in [-0.1, -0.05) is 55.9 Å². The fourth-order valence-corrected chi connectivity index (χ4v) is 5.76. The van der Waals surface area contributed by atoms with Crippen LogP contribution in [0.1, 0.15) is 13.8 Å². The van der Waals surface area contributed by atoms with Gasteiger partial charge < -0.3 is 9.84 Å². The minimum absolute atomic E-state index is 0.129. The smallest absolute Gasteiger partial charge is 0.244 e. The largest absolute Gasteiger partial charge is 0.491 e. The van der Waals surface area contributed by atoms with Crippen LogP contribution in [0.25, 0.3) is 16.4 Å². The van der Waals surface area contributed by atoms with E-state index < -0.39 is 16.1 Å². The number of aliphatic hydroxyl groups excluding tert-OH is 1. The molecule has 0 radical (unpaired) electrons. The molecule has 0 aliphatic rings. The number of ether oxygens (including phenoxy) is 1. The fourth-order valence-electron chi connectivity index (χ4n) is 3.48. The molecule has 8 nitrogen and oxygen atoms in total. The highest BCUT2D eigenvalue weighted by molar-refractivity contribution is 7.99. The highest BCUT2D eigenvalue weighted by Crippen LogP contribution is 2.23. The van der Waals surface area contributed by atoms with Crippen LogP contribution in [0.3, 0.4) is 0 Å². The molecule has 4 rings (SSSR count). The number of thioether (sulfide) groups is 1. The van der Waals surface area contributed by atoms with E-state index in [0.717, 1.165) is 10.8 Å². The molecule has 0 spiro atoms. The molecule has 10 heteroatoms. The Kier molecular flexibility index (Phi) is 7.18. The van der Waals surface area contributed by atoms with Gasteiger partial charge in [-0.25, -0.2) is 8.42 Å². The number of hydrogen-bond acceptors (Lipinski definition) is 7. The third-order valence-electron chi connectivity index (χ3n) is 5.26. The van der Waals surface area contributed by atoms with Crippen LogP contribution in [-0.4, -0.2) is 64.0 Å². The lowest BCUT2D eigenvalue weighted by atomic mass is 10.1. The van der Waals surface area contributed by atoms with Crippen molar-refractivity contribution < 1.29 is 18.3 Å². The second kappa shape index (κ2) is 10.1. The van der Waals surface area contributed by atoms with Gasteiger partial charge >= 0.3 is 0 Å². The van der Waals surface area contributed by atoms with Crippen molar-refractivity contribution >= 4 is 38.2 Å². The number of pyridine rings is 1. The van der Waals surface area contributed by atoms with Gasteiger partial charge in [-0.15, -0.1) is 10.2 Å². The lowest BCUT2D eigenvalue weighted by Gasteiger charge is -2.18. The van der Waals surface area contributed by atoms with Gasteiger partial charge in [0, 0.05) is 25.0 Å². The highest BCUT2D eigenvalue weighted by Gasteiger charge is 2.23. The first-order valence-corrected chi connectivity index (χ1v) is 13.1. The number of aromatic nitrogens is 3. The number of hydrogen-bond donors (Lipinski definition) is 1. The van der Waals surface area contributed by atoms with Gasteiger partial charge in [0.05, 0.1) is 11.0 Å². The van der Waals surface area contributed by atoms with Gasteiger partial charge in [-0.3, -0.25) is 4.40 Å². The first-order chi connectivity index (χ1) is 15.9. The molecule has 1 unspecified atom stereocenters. The molecule has 2 heterocycles. The van der Waals surface area contributed by atoms with Gasteiger partial charge in [-0.2, -0.15) is 4.31 Å². The van der Waals surface area contributed by atoms with Crippen LogP contribution in [0.15, 0.2) is 70.8 Å². The Morgan fingerprint density at radius 1 is 1.06 bits per heavy atom. The molecule has 0 saturated carbocycles. The van der Waals surface area contributed by atoms with E-state index in [-0.39, 0.29) is 11.5 Å². The number of rotatable bonds is 10. The summed E-state index contributed by atoms with van der Waals surface area (Å²) in [5.74, 6) is 1.01. The Bertz CT molecular complexity index is 1350. The Morgan fingerprint density at radius 3 is 2.58 bits per heavy atom. The molecular weight excluding hydrogens is 460 g/mol. The highest BCUT2D eigenvalue weighted by atomic mass is 32.2. The maximum atomic E-state index is 12.8. The van der Waals surface area contributed by atoms with Crippen LogP contribution >= 0.6 is 11.8 Å². The Labute approximate surface area is 197 Å². The van der Waals surface area contributed by atoms with E-state index >= 15 is 0 Å². The number of sulfonamides is 1. The van der Waals surface area contributed by atoms with Crippen LogP contribution in [0, 0.1) is 0 Å². The van der Waals surface area contributed by atoms with Gasteiger partial charge in [0.1, 0.15) is 12.4 Å². The molecule has 0 fully saturated rings. The van der Waals surface area contributed by atoms with Crippen LogP contribution < -0.4 is 4.74 Å². The summed E-state index contributed by atoms with van der Waals surface area (Å²) in [4.78, 5) is 0.181. The zero-order chi connectivity index (χ0) is 23.4. The zero-order valence-electron chi connectivity index (χ0n) is 18.5. The fraction of sp³-hybridized carbons (Fsp3) is 0.304. The van der Waals surface area contributed by atoms with Crippen LogP contribution in [-0.2, 0) is 10.0 Å². The molecule has 0 saturated heterocycles. The van der Waals surface area contributed by atoms with E-state index in [2.05, 4.69) is 10.2 Å². The summed E-state index contributed by atoms with van der Waals surface area (Å²) < 4.78 is 34.5. The summed E-state index contributed by atoms with van der Waals surface area (Å²) >= 11 is 1.29. The molecule has 0 bridgehead atoms. The van der Waals surface area contributed by atoms with Crippen molar-refractivity contribution in [3.8, 4) is 5.75 Å². The van der Waals surface area contributed by atoms with E-state index in [4.69, 9.17) is 4.74 Å². The second-order valence-electron chi connectivity index (χ2n) is 7.45. The van der Waals surface area contributed by atoms with Gasteiger partial charge in [-0.05, 0) is 35.0 Å². The maximum Gasteiger partial charge on any atom is 0.244 e. The third kappa shape index (κ3) is 5.14. The van der Waals surface area contributed by atoms with Crippen LogP contribution in [0.2, 0.25) is 0 Å². The summed E-state index contributed by atoms with van der Waals surface area (Å²) in [6, 6.07) is 17.0. The van der Waals surface area contributed by atoms with Crippen molar-refractivity contribution in [1.82, 2.24) is 18.9 Å². The van der Waals surface area contributed by atoms with Crippen molar-refractivity contribution in [2.75, 3.05) is 25.4 Å². The normalized spacial score (nSPS) is 13.1. The Hall–Kier alpha value is -2.66. The molecule has 33 heavy (non-hydrogen) atoms. The lowest BCUT2D eigenvalue weighted by Crippen LogP contribution is -2.30. The van der Waals surface area contributed by atoms with E-state index in [9.17, 15) is 13.5 Å². The number of fused-ring (bicyclic) bond motifs is 2. The monoisotopic (exact) mass is 486 g/mol. The molecule has 2 aromatic heterocycles. The summed E-state index contributed by atoms with van der Waals surface area (Å²) in [5.41, 5.74) is 0.540. The Morgan fingerprint density at radius 2 is 1.82 bits per heavy atom. The predicted octanol–water partition coefficient (Wildman–Crippen LogP) is 3.45. The standard InChI is InChI=1S/C23H26N4O4S2/c1-3-26(4-2)33(29,30)21-11-12-22-24-25-23(27(22)14-21)32-16-19(28)15-31-20-10-9-17-7-5-6-8-18(17)13-20/h5-14,19,28H,3-4,15-16H2,1-2H3. The molecule has 4 aromatic rings. The van der Waals surface area contributed by atoms with Crippen LogP contribution in [0.5, 0.6) is 5.75 Å². The minimum atomic E-state index is -3.60. The van der Waals surface area contributed by atoms with Gasteiger partial charge in [0.25, 0.3) is 0 Å². The summed E-state index contributed by atoms with van der Waals surface area (Å²) in [7, 11) is -3.60. The van der Waals surface area contributed by atoms with Crippen molar-refractivity contribution in [2.45, 2.75) is 30.0 Å². The third-order valence-corrected chi connectivity index (χ3v) is 8.38. The summed E-state index contributed by atoms with van der Waals surface area (Å²) in [6.07, 6.45) is 0.792. The molecule has 0 aliphatic heterocycles. The molecule has 1 N–H and O–H groups in total. The first kappa shape index (κ1) is 23.5. The second-order valence-corrected chi connectivity index (χ2v) is 10.4. The molecule has 2 aromatic carbocycles. The molecule has 0 amide bonds. The summed E-state index contributed by atoms with van der Waals surface area (Å²) in [5, 5.41) is 21.4. The zero-order valence-corrected chi connectivity index (χ0v) is 20.1. The minimum Gasteiger partial charge on any atom is -0.491 e. The quantitative estimate of drug-likeness (QED) is 0.343.